The number of fused-ring (bicyclic) bond motifs is 1. The van der Waals surface area contributed by atoms with Gasteiger partial charge in [-0.2, -0.15) is 9.90 Å². The summed E-state index contributed by atoms with van der Waals surface area (Å²) >= 11 is 0. The van der Waals surface area contributed by atoms with Crippen LogP contribution >= 0.6 is 0 Å². The number of hydrogen-bond acceptors (Lipinski definition) is 4. The maximum absolute atomic E-state index is 12.9. The van der Waals surface area contributed by atoms with Gasteiger partial charge >= 0.3 is 0 Å². The van der Waals surface area contributed by atoms with Gasteiger partial charge in [0, 0.05) is 25.7 Å². The van der Waals surface area contributed by atoms with Gasteiger partial charge in [0.2, 0.25) is 0 Å². The molecule has 0 radical (unpaired) electrons. The molecule has 126 valence electrons. The van der Waals surface area contributed by atoms with Gasteiger partial charge in [0.05, 0.1) is 11.4 Å². The Balaban J connectivity index is 1.53. The zero-order valence-electron chi connectivity index (χ0n) is 14.1. The molecule has 1 aromatic carbocycles. The lowest BCUT2D eigenvalue weighted by molar-refractivity contribution is 0.0367. The van der Waals surface area contributed by atoms with Crippen LogP contribution in [0.3, 0.4) is 0 Å². The fourth-order valence-corrected chi connectivity index (χ4v) is 3.74. The average Bonchev–Trinajstić information content (AvgIpc) is 3.03. The van der Waals surface area contributed by atoms with Gasteiger partial charge < -0.3 is 4.90 Å². The molecule has 6 nitrogen and oxygen atoms in total. The summed E-state index contributed by atoms with van der Waals surface area (Å²) in [7, 11) is 0. The Kier molecular flexibility index (Phi) is 4.06. The smallest absolute Gasteiger partial charge is 0.276 e. The number of amides is 1. The van der Waals surface area contributed by atoms with Crippen molar-refractivity contribution < 1.29 is 4.79 Å². The van der Waals surface area contributed by atoms with Gasteiger partial charge in [-0.3, -0.25) is 9.69 Å². The van der Waals surface area contributed by atoms with E-state index < -0.39 is 0 Å². The van der Waals surface area contributed by atoms with Crippen LogP contribution in [-0.2, 0) is 0 Å². The summed E-state index contributed by atoms with van der Waals surface area (Å²) in [6.07, 6.45) is 3.75. The molecule has 1 atom stereocenters. The monoisotopic (exact) mass is 325 g/mol. The standard InChI is InChI=1S/C18H23N5O/c1-14-17(20-23(19-14)15-7-3-2-4-8-15)18(24)22-12-11-21-10-6-5-9-16(21)13-22/h2-4,7-8,16H,5-6,9-13H2,1H3/t16-/m1/s1. The van der Waals surface area contributed by atoms with Crippen LogP contribution in [-0.4, -0.2) is 62.9 Å². The van der Waals surface area contributed by atoms with Gasteiger partial charge in [0.1, 0.15) is 0 Å². The third-order valence-corrected chi connectivity index (χ3v) is 5.10. The second kappa shape index (κ2) is 6.36. The predicted molar refractivity (Wildman–Crippen MR) is 91.2 cm³/mol. The number of hydrogen-bond donors (Lipinski definition) is 0. The third-order valence-electron chi connectivity index (χ3n) is 5.10. The Labute approximate surface area is 142 Å². The lowest BCUT2D eigenvalue weighted by Crippen LogP contribution is -2.56. The second-order valence-corrected chi connectivity index (χ2v) is 6.70. The van der Waals surface area contributed by atoms with Crippen molar-refractivity contribution in [1.29, 1.82) is 0 Å². The van der Waals surface area contributed by atoms with E-state index in [1.807, 2.05) is 42.2 Å². The molecule has 0 saturated carbocycles. The Bertz CT molecular complexity index is 726. The van der Waals surface area contributed by atoms with Gasteiger partial charge in [0.15, 0.2) is 5.69 Å². The number of piperidine rings is 1. The molecular weight excluding hydrogens is 302 g/mol. The quantitative estimate of drug-likeness (QED) is 0.846. The first kappa shape index (κ1) is 15.3. The van der Waals surface area contributed by atoms with Crippen LogP contribution in [0.5, 0.6) is 0 Å². The van der Waals surface area contributed by atoms with Gasteiger partial charge in [-0.25, -0.2) is 0 Å². The highest BCUT2D eigenvalue weighted by atomic mass is 16.2. The minimum Gasteiger partial charge on any atom is -0.334 e. The normalized spacial score (nSPS) is 21.5. The lowest BCUT2D eigenvalue weighted by atomic mass is 9.99. The summed E-state index contributed by atoms with van der Waals surface area (Å²) in [6, 6.07) is 10.2. The molecule has 3 heterocycles. The zero-order chi connectivity index (χ0) is 16.5. The maximum Gasteiger partial charge on any atom is 0.276 e. The molecule has 2 aliphatic heterocycles. The van der Waals surface area contributed by atoms with Crippen molar-refractivity contribution in [2.75, 3.05) is 26.2 Å². The van der Waals surface area contributed by atoms with Crippen molar-refractivity contribution in [1.82, 2.24) is 24.8 Å². The number of piperazine rings is 1. The van der Waals surface area contributed by atoms with Crippen molar-refractivity contribution in [3.63, 3.8) is 0 Å². The summed E-state index contributed by atoms with van der Waals surface area (Å²) in [5, 5.41) is 8.89. The van der Waals surface area contributed by atoms with Crippen LogP contribution in [0.4, 0.5) is 0 Å². The first-order chi connectivity index (χ1) is 11.7. The van der Waals surface area contributed by atoms with E-state index in [0.717, 1.165) is 25.3 Å². The molecular formula is C18H23N5O. The van der Waals surface area contributed by atoms with Crippen LogP contribution < -0.4 is 0 Å². The summed E-state index contributed by atoms with van der Waals surface area (Å²) in [6.45, 7) is 5.61. The van der Waals surface area contributed by atoms with Gasteiger partial charge in [-0.05, 0) is 38.4 Å². The maximum atomic E-state index is 12.9. The molecule has 0 bridgehead atoms. The van der Waals surface area contributed by atoms with E-state index in [9.17, 15) is 4.79 Å². The molecule has 0 unspecified atom stereocenters. The number of carbonyl (C=O) groups excluding carboxylic acids is 1. The van der Waals surface area contributed by atoms with E-state index >= 15 is 0 Å². The Morgan fingerprint density at radius 1 is 1.08 bits per heavy atom. The molecule has 2 saturated heterocycles. The van der Waals surface area contributed by atoms with Crippen molar-refractivity contribution in [2.45, 2.75) is 32.2 Å². The van der Waals surface area contributed by atoms with Crippen molar-refractivity contribution in [2.24, 2.45) is 0 Å². The molecule has 4 rings (SSSR count). The first-order valence-corrected chi connectivity index (χ1v) is 8.75. The molecule has 6 heteroatoms. The van der Waals surface area contributed by atoms with E-state index in [0.29, 0.717) is 17.4 Å². The highest BCUT2D eigenvalue weighted by Crippen LogP contribution is 2.22. The minimum atomic E-state index is 0.0138. The Morgan fingerprint density at radius 2 is 1.92 bits per heavy atom. The number of aryl methyl sites for hydroxylation is 1. The van der Waals surface area contributed by atoms with E-state index in [1.54, 1.807) is 4.80 Å². The molecule has 1 aromatic heterocycles. The van der Waals surface area contributed by atoms with E-state index in [1.165, 1.54) is 25.8 Å². The summed E-state index contributed by atoms with van der Waals surface area (Å²) < 4.78 is 0. The molecule has 2 aromatic rings. The number of para-hydroxylation sites is 1. The van der Waals surface area contributed by atoms with E-state index in [-0.39, 0.29) is 5.91 Å². The van der Waals surface area contributed by atoms with Crippen molar-refractivity contribution in [3.8, 4) is 5.69 Å². The van der Waals surface area contributed by atoms with Crippen molar-refractivity contribution >= 4 is 5.91 Å². The number of benzene rings is 1. The highest BCUT2D eigenvalue weighted by Gasteiger charge is 2.32. The van der Waals surface area contributed by atoms with Gasteiger partial charge in [-0.1, -0.05) is 24.6 Å². The number of rotatable bonds is 2. The van der Waals surface area contributed by atoms with Crippen LogP contribution in [0.1, 0.15) is 35.4 Å². The van der Waals surface area contributed by atoms with Gasteiger partial charge in [0.25, 0.3) is 5.91 Å². The summed E-state index contributed by atoms with van der Waals surface area (Å²) in [4.78, 5) is 19.0. The Hall–Kier alpha value is -2.21. The number of carbonyl (C=O) groups is 1. The Morgan fingerprint density at radius 3 is 2.75 bits per heavy atom. The summed E-state index contributed by atoms with van der Waals surface area (Å²) in [5.41, 5.74) is 2.04. The largest absolute Gasteiger partial charge is 0.334 e. The molecule has 0 aliphatic carbocycles. The van der Waals surface area contributed by atoms with E-state index in [2.05, 4.69) is 15.1 Å². The third kappa shape index (κ3) is 2.82. The number of aromatic nitrogens is 3. The fraction of sp³-hybridized carbons (Fsp3) is 0.500. The minimum absolute atomic E-state index is 0.0138. The molecule has 2 aliphatic rings. The van der Waals surface area contributed by atoms with Crippen LogP contribution in [0, 0.1) is 6.92 Å². The first-order valence-electron chi connectivity index (χ1n) is 8.75. The predicted octanol–water partition coefficient (Wildman–Crippen LogP) is 1.89. The summed E-state index contributed by atoms with van der Waals surface area (Å²) in [5.74, 6) is 0.0138. The van der Waals surface area contributed by atoms with Crippen LogP contribution in [0.15, 0.2) is 30.3 Å². The molecule has 2 fully saturated rings. The molecule has 24 heavy (non-hydrogen) atoms. The fourth-order valence-electron chi connectivity index (χ4n) is 3.74. The molecule has 0 spiro atoms. The van der Waals surface area contributed by atoms with Crippen molar-refractivity contribution in [3.05, 3.63) is 41.7 Å². The van der Waals surface area contributed by atoms with Crippen LogP contribution in [0.25, 0.3) is 5.69 Å². The van der Waals surface area contributed by atoms with Gasteiger partial charge in [-0.15, -0.1) is 5.10 Å². The molecule has 0 N–H and O–H groups in total. The SMILES string of the molecule is Cc1nn(-c2ccccc2)nc1C(=O)N1CCN2CCCC[C@@H]2C1. The highest BCUT2D eigenvalue weighted by molar-refractivity contribution is 5.93. The molecule has 1 amide bonds. The topological polar surface area (TPSA) is 54.3 Å². The number of nitrogens with zero attached hydrogens (tertiary/aromatic N) is 5. The zero-order valence-corrected chi connectivity index (χ0v) is 14.1. The van der Waals surface area contributed by atoms with Crippen LogP contribution in [0.2, 0.25) is 0 Å². The lowest BCUT2D eigenvalue weighted by Gasteiger charge is -2.43. The van der Waals surface area contributed by atoms with E-state index in [4.69, 9.17) is 0 Å². The second-order valence-electron chi connectivity index (χ2n) is 6.70. The average molecular weight is 325 g/mol.